The Morgan fingerprint density at radius 3 is 2.52 bits per heavy atom. The fourth-order valence-electron chi connectivity index (χ4n) is 4.28. The number of unbranched alkanes of at least 4 members (excludes halogenated alkanes) is 1. The number of thiocarbonyl (C=S) groups is 1. The van der Waals surface area contributed by atoms with Crippen LogP contribution in [0.15, 0.2) is 78.9 Å². The molecule has 1 heterocycles. The molecule has 0 saturated carbocycles. The first-order valence-electron chi connectivity index (χ1n) is 13.3. The molecule has 4 rings (SSSR count). The summed E-state index contributed by atoms with van der Waals surface area (Å²) in [6, 6.07) is 22.3. The second-order valence-electron chi connectivity index (χ2n) is 9.36. The minimum atomic E-state index is -0.335. The van der Waals surface area contributed by atoms with Gasteiger partial charge in [0.05, 0.1) is 18.0 Å². The quantitative estimate of drug-likeness (QED) is 0.185. The summed E-state index contributed by atoms with van der Waals surface area (Å²) in [7, 11) is 0. The molecule has 1 saturated heterocycles. The lowest BCUT2D eigenvalue weighted by atomic mass is 10.2. The highest BCUT2D eigenvalue weighted by molar-refractivity contribution is 7.80. The summed E-state index contributed by atoms with van der Waals surface area (Å²) in [5, 5.41) is 6.57. The number of nitrogens with one attached hydrogen (secondary N) is 2. The Morgan fingerprint density at radius 1 is 1.00 bits per heavy atom. The molecule has 1 aliphatic heterocycles. The number of amides is 2. The van der Waals surface area contributed by atoms with Crippen molar-refractivity contribution in [2.24, 2.45) is 0 Å². The van der Waals surface area contributed by atoms with E-state index in [1.54, 1.807) is 30.3 Å². The number of anilines is 2. The number of rotatable bonds is 9. The molecule has 0 aliphatic carbocycles. The fraction of sp³-hybridized carbons (Fsp3) is 0.258. The van der Waals surface area contributed by atoms with Crippen molar-refractivity contribution in [3.8, 4) is 5.75 Å². The average molecular weight is 577 g/mol. The first kappa shape index (κ1) is 29.1. The van der Waals surface area contributed by atoms with Gasteiger partial charge in [-0.1, -0.05) is 61.3 Å². The molecule has 208 valence electrons. The smallest absolute Gasteiger partial charge is 0.257 e. The maximum atomic E-state index is 12.9. The molecule has 1 aliphatic rings. The number of carbonyl (C=O) groups excluding carboxylic acids is 2. The van der Waals surface area contributed by atoms with E-state index in [0.717, 1.165) is 24.1 Å². The zero-order valence-electron chi connectivity index (χ0n) is 22.4. The Morgan fingerprint density at radius 2 is 1.77 bits per heavy atom. The van der Waals surface area contributed by atoms with Crippen molar-refractivity contribution in [1.29, 1.82) is 0 Å². The van der Waals surface area contributed by atoms with Crippen molar-refractivity contribution in [2.75, 3.05) is 43.0 Å². The van der Waals surface area contributed by atoms with Gasteiger partial charge < -0.3 is 19.9 Å². The van der Waals surface area contributed by atoms with Crippen LogP contribution in [0.3, 0.4) is 0 Å². The number of ether oxygens (including phenoxy) is 1. The number of benzene rings is 3. The Kier molecular flexibility index (Phi) is 10.5. The second kappa shape index (κ2) is 14.5. The summed E-state index contributed by atoms with van der Waals surface area (Å²) in [5.74, 6) is 0.296. The normalized spacial score (nSPS) is 13.2. The number of carbonyl (C=O) groups is 2. The van der Waals surface area contributed by atoms with Gasteiger partial charge in [-0.2, -0.15) is 0 Å². The van der Waals surface area contributed by atoms with E-state index in [9.17, 15) is 9.59 Å². The molecule has 2 N–H and O–H groups in total. The minimum Gasteiger partial charge on any atom is -0.494 e. The zero-order valence-corrected chi connectivity index (χ0v) is 24.0. The molecule has 2 amide bonds. The summed E-state index contributed by atoms with van der Waals surface area (Å²) in [5.41, 5.74) is 3.01. The van der Waals surface area contributed by atoms with Crippen LogP contribution in [0.4, 0.5) is 11.4 Å². The third kappa shape index (κ3) is 8.31. The molecular formula is C31H33ClN4O3S. The number of nitrogens with zero attached hydrogens (tertiary/aromatic N) is 2. The highest BCUT2D eigenvalue weighted by Gasteiger charge is 2.22. The lowest BCUT2D eigenvalue weighted by Gasteiger charge is -2.36. The average Bonchev–Trinajstić information content (AvgIpc) is 2.97. The van der Waals surface area contributed by atoms with Crippen LogP contribution in [-0.4, -0.2) is 54.6 Å². The molecule has 3 aromatic rings. The molecule has 0 unspecified atom stereocenters. The minimum absolute atomic E-state index is 0.0123. The molecular weight excluding hydrogens is 544 g/mol. The van der Waals surface area contributed by atoms with Gasteiger partial charge in [0.25, 0.3) is 5.91 Å². The second-order valence-corrected chi connectivity index (χ2v) is 10.2. The monoisotopic (exact) mass is 576 g/mol. The number of hydrogen-bond acceptors (Lipinski definition) is 5. The first-order valence-corrected chi connectivity index (χ1v) is 14.1. The molecule has 9 heteroatoms. The van der Waals surface area contributed by atoms with Gasteiger partial charge in [-0.3, -0.25) is 14.9 Å². The van der Waals surface area contributed by atoms with Crippen molar-refractivity contribution in [2.45, 2.75) is 19.8 Å². The van der Waals surface area contributed by atoms with Gasteiger partial charge in [0.15, 0.2) is 5.11 Å². The Hall–Kier alpha value is -3.88. The SMILES string of the molecule is CCCCOc1cccc(C(=O)NC(=S)Nc2cc(Cl)ccc2N2CCN(C(=O)/C=C/c3ccccc3)CC2)c1. The van der Waals surface area contributed by atoms with Crippen molar-refractivity contribution in [1.82, 2.24) is 10.2 Å². The standard InChI is InChI=1S/C31H33ClN4O3S/c1-2-3-20-39-26-11-7-10-24(21-26)30(38)34-31(40)33-27-22-25(32)13-14-28(27)35-16-18-36(19-17-35)29(37)15-12-23-8-5-4-6-9-23/h4-15,21-22H,2-3,16-20H2,1H3,(H2,33,34,38,40)/b15-12+. The summed E-state index contributed by atoms with van der Waals surface area (Å²) >= 11 is 11.8. The molecule has 0 bridgehead atoms. The summed E-state index contributed by atoms with van der Waals surface area (Å²) in [4.78, 5) is 29.6. The molecule has 40 heavy (non-hydrogen) atoms. The van der Waals surface area contributed by atoms with Gasteiger partial charge in [-0.15, -0.1) is 0 Å². The molecule has 3 aromatic carbocycles. The van der Waals surface area contributed by atoms with Gasteiger partial charge in [-0.05, 0) is 66.7 Å². The van der Waals surface area contributed by atoms with Crippen LogP contribution in [0.1, 0.15) is 35.7 Å². The van der Waals surface area contributed by atoms with Gasteiger partial charge in [0, 0.05) is 42.8 Å². The van der Waals surface area contributed by atoms with Crippen LogP contribution >= 0.6 is 23.8 Å². The van der Waals surface area contributed by atoms with Crippen molar-refractivity contribution < 1.29 is 14.3 Å². The molecule has 1 fully saturated rings. The van der Waals surface area contributed by atoms with Gasteiger partial charge in [0.2, 0.25) is 5.91 Å². The van der Waals surface area contributed by atoms with E-state index in [4.69, 9.17) is 28.6 Å². The van der Waals surface area contributed by atoms with Gasteiger partial charge in [-0.25, -0.2) is 0 Å². The number of hydrogen-bond donors (Lipinski definition) is 2. The van der Waals surface area contributed by atoms with Crippen molar-refractivity contribution >= 4 is 58.2 Å². The zero-order chi connectivity index (χ0) is 28.3. The number of piperazine rings is 1. The van der Waals surface area contributed by atoms with Crippen LogP contribution in [-0.2, 0) is 4.79 Å². The predicted octanol–water partition coefficient (Wildman–Crippen LogP) is 6.01. The maximum absolute atomic E-state index is 12.9. The van der Waals surface area contributed by atoms with Crippen LogP contribution < -0.4 is 20.3 Å². The first-order chi connectivity index (χ1) is 19.4. The van der Waals surface area contributed by atoms with Gasteiger partial charge >= 0.3 is 0 Å². The van der Waals surface area contributed by atoms with Crippen LogP contribution in [0.25, 0.3) is 6.08 Å². The van der Waals surface area contributed by atoms with Crippen LogP contribution in [0.5, 0.6) is 5.75 Å². The van der Waals surface area contributed by atoms with E-state index in [0.29, 0.717) is 54.8 Å². The van der Waals surface area contributed by atoms with Gasteiger partial charge in [0.1, 0.15) is 5.75 Å². The van der Waals surface area contributed by atoms with Crippen LogP contribution in [0, 0.1) is 0 Å². The number of halogens is 1. The van der Waals surface area contributed by atoms with E-state index in [1.807, 2.05) is 59.5 Å². The third-order valence-corrected chi connectivity index (χ3v) is 6.89. The highest BCUT2D eigenvalue weighted by atomic mass is 35.5. The van der Waals surface area contributed by atoms with E-state index < -0.39 is 0 Å². The lowest BCUT2D eigenvalue weighted by Crippen LogP contribution is -2.48. The summed E-state index contributed by atoms with van der Waals surface area (Å²) in [6.07, 6.45) is 5.43. The molecule has 0 radical (unpaired) electrons. The van der Waals surface area contributed by atoms with E-state index >= 15 is 0 Å². The summed E-state index contributed by atoms with van der Waals surface area (Å²) in [6.45, 7) is 5.15. The Labute approximate surface area is 245 Å². The Bertz CT molecular complexity index is 1360. The van der Waals surface area contributed by atoms with E-state index in [2.05, 4.69) is 22.5 Å². The summed E-state index contributed by atoms with van der Waals surface area (Å²) < 4.78 is 5.71. The largest absolute Gasteiger partial charge is 0.494 e. The van der Waals surface area contributed by atoms with Crippen molar-refractivity contribution in [3.63, 3.8) is 0 Å². The topological polar surface area (TPSA) is 73.9 Å². The predicted molar refractivity (Wildman–Crippen MR) is 166 cm³/mol. The molecule has 7 nitrogen and oxygen atoms in total. The molecule has 0 spiro atoms. The van der Waals surface area contributed by atoms with E-state index in [-0.39, 0.29) is 16.9 Å². The third-order valence-electron chi connectivity index (χ3n) is 6.45. The Balaban J connectivity index is 1.35. The van der Waals surface area contributed by atoms with Crippen molar-refractivity contribution in [3.05, 3.63) is 95.0 Å². The molecule has 0 aromatic heterocycles. The van der Waals surface area contributed by atoms with E-state index in [1.165, 1.54) is 0 Å². The fourth-order valence-corrected chi connectivity index (χ4v) is 4.65. The lowest BCUT2D eigenvalue weighted by molar-refractivity contribution is -0.126. The van der Waals surface area contributed by atoms with Crippen LogP contribution in [0.2, 0.25) is 5.02 Å². The highest BCUT2D eigenvalue weighted by Crippen LogP contribution is 2.30. The maximum Gasteiger partial charge on any atom is 0.257 e. The molecule has 0 atom stereocenters.